The first-order chi connectivity index (χ1) is 12.9. The molecule has 3 aliphatic carbocycles. The minimum absolute atomic E-state index is 0.0842. The van der Waals surface area contributed by atoms with E-state index in [0.717, 1.165) is 38.5 Å². The van der Waals surface area contributed by atoms with Crippen LogP contribution in [0, 0.1) is 17.3 Å². The normalized spacial score (nSPS) is 31.8. The van der Waals surface area contributed by atoms with E-state index in [4.69, 9.17) is 0 Å². The molecule has 2 fully saturated rings. The molecular formula is C23H31NO3. The van der Waals surface area contributed by atoms with Crippen molar-refractivity contribution >= 4 is 11.7 Å². The molecule has 4 nitrogen and oxygen atoms in total. The Balaban J connectivity index is 1.71. The number of ketones is 1. The van der Waals surface area contributed by atoms with E-state index < -0.39 is 0 Å². The molecule has 0 aliphatic heterocycles. The number of benzene rings is 1. The van der Waals surface area contributed by atoms with Crippen molar-refractivity contribution in [2.75, 3.05) is 13.1 Å². The van der Waals surface area contributed by atoms with E-state index in [2.05, 4.69) is 6.92 Å². The van der Waals surface area contributed by atoms with Crippen molar-refractivity contribution in [2.45, 2.75) is 65.2 Å². The highest BCUT2D eigenvalue weighted by atomic mass is 16.3. The third-order valence-electron chi connectivity index (χ3n) is 7.83. The molecule has 0 saturated heterocycles. The number of Topliss-reactive ketones (excluding diaryl/α,β-unsaturated/α-hetero) is 1. The van der Waals surface area contributed by atoms with Gasteiger partial charge in [0.2, 0.25) is 0 Å². The Morgan fingerprint density at radius 1 is 1.19 bits per heavy atom. The predicted octanol–water partition coefficient (Wildman–Crippen LogP) is 4.30. The zero-order chi connectivity index (χ0) is 19.3. The number of aryl methyl sites for hydroxylation is 1. The second kappa shape index (κ2) is 6.65. The van der Waals surface area contributed by atoms with Gasteiger partial charge < -0.3 is 10.0 Å². The van der Waals surface area contributed by atoms with Crippen LogP contribution in [0.25, 0.3) is 0 Å². The van der Waals surface area contributed by atoms with Crippen LogP contribution in [0.1, 0.15) is 80.3 Å². The summed E-state index contributed by atoms with van der Waals surface area (Å²) in [6.07, 6.45) is 5.75. The zero-order valence-corrected chi connectivity index (χ0v) is 16.8. The maximum absolute atomic E-state index is 12.9. The van der Waals surface area contributed by atoms with Crippen LogP contribution in [-0.2, 0) is 11.2 Å². The first-order valence-electron chi connectivity index (χ1n) is 10.6. The van der Waals surface area contributed by atoms with Gasteiger partial charge >= 0.3 is 0 Å². The van der Waals surface area contributed by atoms with E-state index in [-0.39, 0.29) is 17.1 Å². The number of phenolic OH excluding ortho intramolecular Hbond substituents is 1. The highest BCUT2D eigenvalue weighted by molar-refractivity contribution is 5.97. The molecule has 0 aromatic heterocycles. The van der Waals surface area contributed by atoms with Crippen molar-refractivity contribution in [1.29, 1.82) is 0 Å². The zero-order valence-electron chi connectivity index (χ0n) is 16.8. The lowest BCUT2D eigenvalue weighted by molar-refractivity contribution is -0.129. The van der Waals surface area contributed by atoms with Gasteiger partial charge in [0.05, 0.1) is 5.56 Å². The van der Waals surface area contributed by atoms with Crippen molar-refractivity contribution in [3.05, 3.63) is 28.8 Å². The fourth-order valence-corrected chi connectivity index (χ4v) is 6.23. The molecule has 1 N–H and O–H groups in total. The van der Waals surface area contributed by atoms with Gasteiger partial charge in [-0.1, -0.05) is 6.92 Å². The van der Waals surface area contributed by atoms with Crippen molar-refractivity contribution in [2.24, 2.45) is 17.3 Å². The topological polar surface area (TPSA) is 57.6 Å². The number of carbonyl (C=O) groups excluding carboxylic acids is 2. The van der Waals surface area contributed by atoms with E-state index in [9.17, 15) is 14.7 Å². The summed E-state index contributed by atoms with van der Waals surface area (Å²) in [6.45, 7) is 7.39. The molecule has 1 aromatic carbocycles. The molecule has 1 aromatic rings. The number of phenols is 1. The smallest absolute Gasteiger partial charge is 0.257 e. The van der Waals surface area contributed by atoms with E-state index in [1.807, 2.05) is 26.0 Å². The number of hydrogen-bond acceptors (Lipinski definition) is 3. The molecule has 1 amide bonds. The lowest BCUT2D eigenvalue weighted by Gasteiger charge is -2.48. The minimum Gasteiger partial charge on any atom is -0.507 e. The van der Waals surface area contributed by atoms with Crippen LogP contribution in [0.15, 0.2) is 12.1 Å². The summed E-state index contributed by atoms with van der Waals surface area (Å²) in [5, 5.41) is 10.5. The third-order valence-corrected chi connectivity index (χ3v) is 7.83. The van der Waals surface area contributed by atoms with Crippen LogP contribution in [0.5, 0.6) is 5.75 Å². The Kier molecular flexibility index (Phi) is 4.56. The number of amides is 1. The standard InChI is InChI=1S/C23H31NO3/c1-4-24(5-2)22(27)18-13-17-14(12-20(18)25)6-7-16-15(17)10-11-23(3)19(16)8-9-21(23)26/h12-13,15-16,19,25H,4-11H2,1-3H3/t15-,16+,19-,23-/m0/s1. The van der Waals surface area contributed by atoms with Crippen LogP contribution in [0.2, 0.25) is 0 Å². The number of nitrogens with zero attached hydrogens (tertiary/aromatic N) is 1. The van der Waals surface area contributed by atoms with Gasteiger partial charge in [0.1, 0.15) is 11.5 Å². The molecule has 146 valence electrons. The maximum atomic E-state index is 12.9. The molecule has 0 spiro atoms. The number of fused-ring (bicyclic) bond motifs is 5. The molecular weight excluding hydrogens is 338 g/mol. The first kappa shape index (κ1) is 18.5. The van der Waals surface area contributed by atoms with E-state index >= 15 is 0 Å². The van der Waals surface area contributed by atoms with Gasteiger partial charge in [-0.3, -0.25) is 9.59 Å². The number of rotatable bonds is 3. The van der Waals surface area contributed by atoms with Crippen molar-refractivity contribution < 1.29 is 14.7 Å². The summed E-state index contributed by atoms with van der Waals surface area (Å²) in [5.74, 6) is 1.91. The lowest BCUT2D eigenvalue weighted by Crippen LogP contribution is -2.42. The van der Waals surface area contributed by atoms with Crippen LogP contribution in [-0.4, -0.2) is 34.8 Å². The second-order valence-electron chi connectivity index (χ2n) is 8.88. The van der Waals surface area contributed by atoms with Gasteiger partial charge in [-0.05, 0) is 87.0 Å². The lowest BCUT2D eigenvalue weighted by atomic mass is 9.55. The predicted molar refractivity (Wildman–Crippen MR) is 105 cm³/mol. The first-order valence-corrected chi connectivity index (χ1v) is 10.6. The molecule has 4 atom stereocenters. The van der Waals surface area contributed by atoms with Gasteiger partial charge in [0.25, 0.3) is 5.91 Å². The number of carbonyl (C=O) groups is 2. The average molecular weight is 370 g/mol. The number of hydrogen-bond donors (Lipinski definition) is 1. The van der Waals surface area contributed by atoms with Gasteiger partial charge in [0, 0.05) is 24.9 Å². The highest BCUT2D eigenvalue weighted by Crippen LogP contribution is 2.59. The van der Waals surface area contributed by atoms with Crippen LogP contribution in [0.4, 0.5) is 0 Å². The fraction of sp³-hybridized carbons (Fsp3) is 0.652. The Morgan fingerprint density at radius 3 is 2.63 bits per heavy atom. The van der Waals surface area contributed by atoms with Crippen LogP contribution >= 0.6 is 0 Å². The summed E-state index contributed by atoms with van der Waals surface area (Å²) < 4.78 is 0. The van der Waals surface area contributed by atoms with Crippen LogP contribution in [0.3, 0.4) is 0 Å². The molecule has 3 aliphatic rings. The number of aromatic hydroxyl groups is 1. The largest absolute Gasteiger partial charge is 0.507 e. The summed E-state index contributed by atoms with van der Waals surface area (Å²) in [6, 6.07) is 3.80. The molecule has 4 heteroatoms. The fourth-order valence-electron chi connectivity index (χ4n) is 6.23. The maximum Gasteiger partial charge on any atom is 0.257 e. The molecule has 0 unspecified atom stereocenters. The molecule has 0 heterocycles. The average Bonchev–Trinajstić information content (AvgIpc) is 2.96. The monoisotopic (exact) mass is 369 g/mol. The molecule has 4 rings (SSSR count). The van der Waals surface area contributed by atoms with E-state index in [1.165, 1.54) is 11.1 Å². The van der Waals surface area contributed by atoms with Crippen molar-refractivity contribution in [1.82, 2.24) is 4.90 Å². The Labute approximate surface area is 161 Å². The van der Waals surface area contributed by atoms with Crippen molar-refractivity contribution in [3.8, 4) is 5.75 Å². The summed E-state index contributed by atoms with van der Waals surface area (Å²) in [7, 11) is 0. The summed E-state index contributed by atoms with van der Waals surface area (Å²) in [5.41, 5.74) is 2.75. The summed E-state index contributed by atoms with van der Waals surface area (Å²) >= 11 is 0. The highest BCUT2D eigenvalue weighted by Gasteiger charge is 2.54. The van der Waals surface area contributed by atoms with Gasteiger partial charge in [-0.15, -0.1) is 0 Å². The molecule has 0 radical (unpaired) electrons. The van der Waals surface area contributed by atoms with Gasteiger partial charge in [-0.25, -0.2) is 0 Å². The van der Waals surface area contributed by atoms with Gasteiger partial charge in [0.15, 0.2) is 0 Å². The molecule has 0 bridgehead atoms. The Bertz CT molecular complexity index is 782. The van der Waals surface area contributed by atoms with E-state index in [1.54, 1.807) is 4.90 Å². The SMILES string of the molecule is CCN(CC)C(=O)c1cc2c(cc1O)CC[C@@H]1[C@@H]2CC[C@]2(C)C(=O)CC[C@@H]12. The Hall–Kier alpha value is -1.84. The van der Waals surface area contributed by atoms with Crippen LogP contribution < -0.4 is 0 Å². The molecule has 27 heavy (non-hydrogen) atoms. The second-order valence-corrected chi connectivity index (χ2v) is 8.88. The Morgan fingerprint density at radius 2 is 1.93 bits per heavy atom. The van der Waals surface area contributed by atoms with E-state index in [0.29, 0.717) is 42.2 Å². The minimum atomic E-state index is -0.130. The van der Waals surface area contributed by atoms with Crippen molar-refractivity contribution in [3.63, 3.8) is 0 Å². The molecule has 2 saturated carbocycles. The summed E-state index contributed by atoms with van der Waals surface area (Å²) in [4.78, 5) is 27.1. The third kappa shape index (κ3) is 2.71. The van der Waals surface area contributed by atoms with Gasteiger partial charge in [-0.2, -0.15) is 0 Å². The quantitative estimate of drug-likeness (QED) is 0.864.